The van der Waals surface area contributed by atoms with Gasteiger partial charge in [0, 0.05) is 5.56 Å². The Morgan fingerprint density at radius 2 is 1.89 bits per heavy atom. The van der Waals surface area contributed by atoms with Crippen LogP contribution in [0.3, 0.4) is 0 Å². The summed E-state index contributed by atoms with van der Waals surface area (Å²) in [5, 5.41) is 9.74. The number of carboxylic acid groups (broad SMARTS) is 1. The lowest BCUT2D eigenvalue weighted by molar-refractivity contribution is 0.0697. The second-order valence-electron chi connectivity index (χ2n) is 3.69. The minimum atomic E-state index is -1.16. The molecule has 0 aliphatic carbocycles. The summed E-state index contributed by atoms with van der Waals surface area (Å²) in [6.45, 7) is 0. The van der Waals surface area contributed by atoms with Crippen LogP contribution in [0.4, 0.5) is 5.69 Å². The first-order valence-electron chi connectivity index (χ1n) is 5.04. The molecule has 0 spiro atoms. The molecule has 0 atom stereocenters. The second-order valence-corrected chi connectivity index (χ2v) is 4.86. The van der Waals surface area contributed by atoms with Crippen molar-refractivity contribution in [3.8, 4) is 11.3 Å². The Labute approximate surface area is 123 Å². The number of rotatable bonds is 2. The molecule has 1 aromatic heterocycles. The van der Waals surface area contributed by atoms with Crippen molar-refractivity contribution in [2.24, 2.45) is 0 Å². The summed E-state index contributed by atoms with van der Waals surface area (Å²) in [6.07, 6.45) is 1.35. The molecule has 0 saturated carbocycles. The van der Waals surface area contributed by atoms with Crippen molar-refractivity contribution in [1.29, 1.82) is 0 Å². The number of anilines is 1. The van der Waals surface area contributed by atoms with Gasteiger partial charge in [-0.2, -0.15) is 0 Å². The zero-order valence-corrected chi connectivity index (χ0v) is 11.6. The monoisotopic (exact) mass is 316 g/mol. The number of aromatic carboxylic acids is 1. The van der Waals surface area contributed by atoms with E-state index in [1.165, 1.54) is 18.3 Å². The van der Waals surface area contributed by atoms with Gasteiger partial charge in [0.15, 0.2) is 0 Å². The molecular formula is C12H7Cl3N2O2. The zero-order chi connectivity index (χ0) is 14.2. The van der Waals surface area contributed by atoms with Crippen LogP contribution in [0.15, 0.2) is 24.4 Å². The Balaban J connectivity index is 2.72. The summed E-state index contributed by atoms with van der Waals surface area (Å²) >= 11 is 17.8. The Hall–Kier alpha value is -1.49. The Morgan fingerprint density at radius 1 is 1.21 bits per heavy atom. The molecule has 3 N–H and O–H groups in total. The fraction of sp³-hybridized carbons (Fsp3) is 0. The highest BCUT2D eigenvalue weighted by Gasteiger charge is 2.18. The molecule has 98 valence electrons. The summed E-state index contributed by atoms with van der Waals surface area (Å²) in [5.41, 5.74) is 6.29. The second kappa shape index (κ2) is 5.25. The minimum Gasteiger partial charge on any atom is -0.478 e. The number of benzene rings is 1. The van der Waals surface area contributed by atoms with Gasteiger partial charge >= 0.3 is 5.97 Å². The number of aromatic nitrogens is 1. The van der Waals surface area contributed by atoms with Crippen molar-refractivity contribution in [1.82, 2.24) is 4.98 Å². The van der Waals surface area contributed by atoms with Crippen molar-refractivity contribution < 1.29 is 9.90 Å². The van der Waals surface area contributed by atoms with Crippen LogP contribution in [0.5, 0.6) is 0 Å². The first kappa shape index (κ1) is 13.9. The van der Waals surface area contributed by atoms with E-state index in [9.17, 15) is 4.79 Å². The average Bonchev–Trinajstić information content (AvgIpc) is 2.37. The number of hydrogen-bond acceptors (Lipinski definition) is 3. The molecule has 0 amide bonds. The van der Waals surface area contributed by atoms with Gasteiger partial charge in [0.05, 0.1) is 38.2 Å². The lowest BCUT2D eigenvalue weighted by Crippen LogP contribution is -2.03. The number of nitrogen functional groups attached to an aromatic ring is 1. The highest BCUT2D eigenvalue weighted by Crippen LogP contribution is 2.38. The molecule has 1 heterocycles. The highest BCUT2D eigenvalue weighted by atomic mass is 35.5. The summed E-state index contributed by atoms with van der Waals surface area (Å²) in [7, 11) is 0. The fourth-order valence-corrected chi connectivity index (χ4v) is 2.19. The molecule has 0 unspecified atom stereocenters. The van der Waals surface area contributed by atoms with Crippen molar-refractivity contribution in [3.05, 3.63) is 45.0 Å². The molecule has 0 fully saturated rings. The smallest absolute Gasteiger partial charge is 0.337 e. The number of hydrogen-bond donors (Lipinski definition) is 2. The molecule has 0 saturated heterocycles. The van der Waals surface area contributed by atoms with Crippen molar-refractivity contribution >= 4 is 46.5 Å². The molecule has 7 heteroatoms. The molecule has 2 rings (SSSR count). The van der Waals surface area contributed by atoms with E-state index in [1.54, 1.807) is 6.07 Å². The summed E-state index contributed by atoms with van der Waals surface area (Å²) < 4.78 is 0. The Kier molecular flexibility index (Phi) is 3.85. The third-order valence-corrected chi connectivity index (χ3v) is 3.72. The van der Waals surface area contributed by atoms with E-state index in [1.807, 2.05) is 0 Å². The lowest BCUT2D eigenvalue weighted by atomic mass is 10.1. The van der Waals surface area contributed by atoms with Gasteiger partial charge in [-0.1, -0.05) is 34.8 Å². The predicted octanol–water partition coefficient (Wildman–Crippen LogP) is 3.99. The number of carbonyl (C=O) groups is 1. The summed E-state index contributed by atoms with van der Waals surface area (Å²) in [5.74, 6) is -1.16. The minimum absolute atomic E-state index is 0.0553. The third kappa shape index (κ3) is 2.61. The maximum atomic E-state index is 11.2. The van der Waals surface area contributed by atoms with Crippen LogP contribution in [0.2, 0.25) is 15.1 Å². The summed E-state index contributed by atoms with van der Waals surface area (Å²) in [6, 6.07) is 4.39. The van der Waals surface area contributed by atoms with Crippen molar-refractivity contribution in [3.63, 3.8) is 0 Å². The number of carboxylic acids is 1. The van der Waals surface area contributed by atoms with Gasteiger partial charge in [-0.3, -0.25) is 4.98 Å². The lowest BCUT2D eigenvalue weighted by Gasteiger charge is -2.10. The highest BCUT2D eigenvalue weighted by molar-refractivity contribution is 6.49. The molecule has 1 aromatic carbocycles. The Morgan fingerprint density at radius 3 is 2.53 bits per heavy atom. The van der Waals surface area contributed by atoms with E-state index in [2.05, 4.69) is 4.98 Å². The fourth-order valence-electron chi connectivity index (χ4n) is 1.57. The van der Waals surface area contributed by atoms with E-state index in [-0.39, 0.29) is 32.0 Å². The molecular weight excluding hydrogens is 311 g/mol. The molecule has 0 aliphatic rings. The normalized spacial score (nSPS) is 10.5. The van der Waals surface area contributed by atoms with Gasteiger partial charge in [-0.05, 0) is 18.2 Å². The van der Waals surface area contributed by atoms with E-state index >= 15 is 0 Å². The van der Waals surface area contributed by atoms with Crippen molar-refractivity contribution in [2.75, 3.05) is 5.73 Å². The van der Waals surface area contributed by atoms with Crippen molar-refractivity contribution in [2.45, 2.75) is 0 Å². The van der Waals surface area contributed by atoms with E-state index in [0.717, 1.165) is 0 Å². The molecule has 19 heavy (non-hydrogen) atoms. The number of nitrogens with two attached hydrogens (primary N) is 1. The maximum absolute atomic E-state index is 11.2. The van der Waals surface area contributed by atoms with Crippen LogP contribution in [-0.4, -0.2) is 16.1 Å². The first-order valence-corrected chi connectivity index (χ1v) is 6.18. The maximum Gasteiger partial charge on any atom is 0.337 e. The summed E-state index contributed by atoms with van der Waals surface area (Å²) in [4.78, 5) is 15.2. The van der Waals surface area contributed by atoms with Crippen LogP contribution < -0.4 is 5.73 Å². The van der Waals surface area contributed by atoms with Crippen LogP contribution in [0, 0.1) is 0 Å². The number of halogens is 3. The van der Waals surface area contributed by atoms with Gasteiger partial charge in [0.1, 0.15) is 0 Å². The molecule has 0 bridgehead atoms. The SMILES string of the molecule is Nc1cnc(-c2ccc(Cl)c(Cl)c2Cl)c(C(=O)O)c1. The number of nitrogens with zero attached hydrogens (tertiary/aromatic N) is 1. The van der Waals surface area contributed by atoms with Crippen LogP contribution in [-0.2, 0) is 0 Å². The van der Waals surface area contributed by atoms with Gasteiger partial charge in [0.2, 0.25) is 0 Å². The zero-order valence-electron chi connectivity index (χ0n) is 9.32. The molecule has 0 aliphatic heterocycles. The molecule has 0 radical (unpaired) electrons. The van der Waals surface area contributed by atoms with Crippen LogP contribution in [0.1, 0.15) is 10.4 Å². The Bertz CT molecular complexity index is 674. The number of pyridine rings is 1. The largest absolute Gasteiger partial charge is 0.478 e. The van der Waals surface area contributed by atoms with Gasteiger partial charge in [-0.25, -0.2) is 4.79 Å². The van der Waals surface area contributed by atoms with E-state index < -0.39 is 5.97 Å². The standard InChI is InChI=1S/C12H7Cl3N2O2/c13-8-2-1-6(9(14)10(8)15)11-7(12(18)19)3-5(16)4-17-11/h1-4H,16H2,(H,18,19). The average molecular weight is 318 g/mol. The van der Waals surface area contributed by atoms with Crippen LogP contribution >= 0.6 is 34.8 Å². The van der Waals surface area contributed by atoms with E-state index in [0.29, 0.717) is 5.56 Å². The van der Waals surface area contributed by atoms with Gasteiger partial charge in [0.25, 0.3) is 0 Å². The van der Waals surface area contributed by atoms with Gasteiger partial charge in [-0.15, -0.1) is 0 Å². The molecule has 2 aromatic rings. The van der Waals surface area contributed by atoms with Crippen LogP contribution in [0.25, 0.3) is 11.3 Å². The first-order chi connectivity index (χ1) is 8.91. The quantitative estimate of drug-likeness (QED) is 0.821. The topological polar surface area (TPSA) is 76.2 Å². The van der Waals surface area contributed by atoms with Gasteiger partial charge < -0.3 is 10.8 Å². The predicted molar refractivity (Wildman–Crippen MR) is 76.1 cm³/mol. The molecule has 4 nitrogen and oxygen atoms in total. The van der Waals surface area contributed by atoms with E-state index in [4.69, 9.17) is 45.6 Å². The third-order valence-electron chi connectivity index (χ3n) is 2.43.